The summed E-state index contributed by atoms with van der Waals surface area (Å²) in [6, 6.07) is 2.99. The van der Waals surface area contributed by atoms with Crippen LogP contribution < -0.4 is 10.6 Å². The number of hydrogen-bond acceptors (Lipinski definition) is 8. The van der Waals surface area contributed by atoms with E-state index in [-0.39, 0.29) is 11.2 Å². The Hall–Kier alpha value is -2.91. The molecule has 0 aliphatic carbocycles. The number of alkyl carbamates (subject to hydrolysis) is 1. The van der Waals surface area contributed by atoms with Crippen molar-refractivity contribution in [2.75, 3.05) is 18.4 Å². The molecule has 2 aromatic rings. The molecule has 27 heavy (non-hydrogen) atoms. The molecule has 2 rings (SSSR count). The molecule has 0 bridgehead atoms. The van der Waals surface area contributed by atoms with E-state index in [1.165, 1.54) is 6.07 Å². The summed E-state index contributed by atoms with van der Waals surface area (Å²) in [4.78, 5) is 21.9. The van der Waals surface area contributed by atoms with E-state index in [4.69, 9.17) is 4.74 Å². The monoisotopic (exact) mass is 379 g/mol. The summed E-state index contributed by atoms with van der Waals surface area (Å²) in [5.41, 5.74) is 0.528. The van der Waals surface area contributed by atoms with E-state index >= 15 is 0 Å². The molecular weight excluding hydrogens is 354 g/mol. The molecule has 1 aromatic carbocycles. The number of anilines is 1. The highest BCUT2D eigenvalue weighted by atomic mass is 16.6. The van der Waals surface area contributed by atoms with Crippen molar-refractivity contribution in [3.8, 4) is 0 Å². The number of rotatable bonds is 9. The van der Waals surface area contributed by atoms with Crippen molar-refractivity contribution in [1.82, 2.24) is 15.6 Å². The number of fused-ring (bicyclic) bond motifs is 1. The van der Waals surface area contributed by atoms with E-state index in [1.807, 2.05) is 20.8 Å². The third-order valence-corrected chi connectivity index (χ3v) is 3.68. The molecule has 0 aliphatic heterocycles. The lowest BCUT2D eigenvalue weighted by Gasteiger charge is -2.19. The lowest BCUT2D eigenvalue weighted by atomic mass is 10.2. The SMILES string of the molecule is CC(C)(C)OC(=O)NCCCCCCNc1ccc([N+](=O)[O-])c2nonc12. The summed E-state index contributed by atoms with van der Waals surface area (Å²) in [5, 5.41) is 24.2. The molecule has 0 spiro atoms. The molecule has 10 heteroatoms. The van der Waals surface area contributed by atoms with Gasteiger partial charge in [0, 0.05) is 19.2 Å². The molecule has 0 saturated heterocycles. The van der Waals surface area contributed by atoms with Crippen molar-refractivity contribution in [2.24, 2.45) is 0 Å². The second-order valence-electron chi connectivity index (χ2n) is 7.12. The number of nitrogens with one attached hydrogen (secondary N) is 2. The summed E-state index contributed by atoms with van der Waals surface area (Å²) in [6.45, 7) is 6.75. The van der Waals surface area contributed by atoms with Gasteiger partial charge in [-0.1, -0.05) is 12.8 Å². The molecule has 0 atom stereocenters. The first kappa shape index (κ1) is 20.4. The first-order valence-corrected chi connectivity index (χ1v) is 8.88. The number of nitro groups is 1. The predicted octanol–water partition coefficient (Wildman–Crippen LogP) is 3.63. The van der Waals surface area contributed by atoms with Crippen LogP contribution in [-0.4, -0.2) is 40.0 Å². The van der Waals surface area contributed by atoms with Crippen LogP contribution in [-0.2, 0) is 4.74 Å². The minimum atomic E-state index is -0.512. The lowest BCUT2D eigenvalue weighted by molar-refractivity contribution is -0.383. The van der Waals surface area contributed by atoms with Crippen molar-refractivity contribution >= 4 is 28.5 Å². The minimum Gasteiger partial charge on any atom is -0.444 e. The average Bonchev–Trinajstić information content (AvgIpc) is 3.05. The molecule has 1 aromatic heterocycles. The van der Waals surface area contributed by atoms with E-state index in [0.717, 1.165) is 25.7 Å². The Kier molecular flexibility index (Phi) is 6.91. The fourth-order valence-electron chi connectivity index (χ4n) is 2.47. The van der Waals surface area contributed by atoms with Gasteiger partial charge in [0.2, 0.25) is 5.52 Å². The van der Waals surface area contributed by atoms with Gasteiger partial charge in [0.1, 0.15) is 5.60 Å². The van der Waals surface area contributed by atoms with Gasteiger partial charge in [-0.15, -0.1) is 0 Å². The van der Waals surface area contributed by atoms with Crippen LogP contribution in [0.1, 0.15) is 46.5 Å². The fraction of sp³-hybridized carbons (Fsp3) is 0.588. The molecule has 0 saturated carbocycles. The maximum Gasteiger partial charge on any atom is 0.407 e. The minimum absolute atomic E-state index is 0.130. The maximum atomic E-state index is 11.5. The van der Waals surface area contributed by atoms with E-state index in [9.17, 15) is 14.9 Å². The zero-order valence-electron chi connectivity index (χ0n) is 15.8. The van der Waals surface area contributed by atoms with Crippen molar-refractivity contribution in [2.45, 2.75) is 52.1 Å². The molecule has 10 nitrogen and oxygen atoms in total. The third kappa shape index (κ3) is 6.39. The number of amides is 1. The summed E-state index contributed by atoms with van der Waals surface area (Å²) in [7, 11) is 0. The highest BCUT2D eigenvalue weighted by Gasteiger charge is 2.19. The van der Waals surface area contributed by atoms with E-state index in [0.29, 0.717) is 24.3 Å². The number of unbranched alkanes of at least 4 members (excludes halogenated alkanes) is 3. The van der Waals surface area contributed by atoms with Crippen LogP contribution in [0.3, 0.4) is 0 Å². The van der Waals surface area contributed by atoms with Gasteiger partial charge in [0.05, 0.1) is 10.6 Å². The maximum absolute atomic E-state index is 11.5. The molecule has 1 heterocycles. The van der Waals surface area contributed by atoms with Crippen molar-refractivity contribution in [1.29, 1.82) is 0 Å². The highest BCUT2D eigenvalue weighted by molar-refractivity contribution is 5.93. The Morgan fingerprint density at radius 3 is 2.48 bits per heavy atom. The number of ether oxygens (including phenoxy) is 1. The molecule has 0 radical (unpaired) electrons. The number of nitrogens with zero attached hydrogens (tertiary/aromatic N) is 3. The predicted molar refractivity (Wildman–Crippen MR) is 99.7 cm³/mol. The first-order chi connectivity index (χ1) is 12.8. The Morgan fingerprint density at radius 1 is 1.15 bits per heavy atom. The number of hydrogen-bond donors (Lipinski definition) is 2. The van der Waals surface area contributed by atoms with Crippen LogP contribution in [0.4, 0.5) is 16.2 Å². The zero-order valence-corrected chi connectivity index (χ0v) is 15.8. The number of carbonyl (C=O) groups is 1. The van der Waals surface area contributed by atoms with Crippen LogP contribution in [0, 0.1) is 10.1 Å². The number of non-ortho nitro benzene ring substituents is 1. The van der Waals surface area contributed by atoms with Crippen LogP contribution >= 0.6 is 0 Å². The Balaban J connectivity index is 1.65. The van der Waals surface area contributed by atoms with Gasteiger partial charge in [0.15, 0.2) is 5.52 Å². The topological polar surface area (TPSA) is 132 Å². The largest absolute Gasteiger partial charge is 0.444 e. The van der Waals surface area contributed by atoms with Crippen molar-refractivity contribution in [3.05, 3.63) is 22.2 Å². The number of benzene rings is 1. The van der Waals surface area contributed by atoms with Gasteiger partial charge in [0.25, 0.3) is 0 Å². The standard InChI is InChI=1S/C17H25N5O5/c1-17(2,3)26-16(23)19-11-7-5-4-6-10-18-12-8-9-13(22(24)25)15-14(12)20-27-21-15/h8-9,18H,4-7,10-11H2,1-3H3,(H,19,23). The quantitative estimate of drug-likeness (QED) is 0.383. The molecule has 0 fully saturated rings. The average molecular weight is 379 g/mol. The third-order valence-electron chi connectivity index (χ3n) is 3.68. The zero-order chi connectivity index (χ0) is 19.9. The second-order valence-corrected chi connectivity index (χ2v) is 7.12. The van der Waals surface area contributed by atoms with Gasteiger partial charge in [-0.25, -0.2) is 9.42 Å². The summed E-state index contributed by atoms with van der Waals surface area (Å²) in [6.07, 6.45) is 3.34. The molecular formula is C17H25N5O5. The fourth-order valence-corrected chi connectivity index (χ4v) is 2.47. The van der Waals surface area contributed by atoms with Crippen LogP contribution in [0.15, 0.2) is 16.8 Å². The van der Waals surface area contributed by atoms with Gasteiger partial charge < -0.3 is 15.4 Å². The van der Waals surface area contributed by atoms with Gasteiger partial charge in [-0.2, -0.15) is 0 Å². The first-order valence-electron chi connectivity index (χ1n) is 8.88. The number of nitro benzene ring substituents is 1. The number of aromatic nitrogens is 2. The van der Waals surface area contributed by atoms with E-state index in [1.54, 1.807) is 6.07 Å². The van der Waals surface area contributed by atoms with Crippen molar-refractivity contribution < 1.29 is 19.1 Å². The van der Waals surface area contributed by atoms with E-state index in [2.05, 4.69) is 25.6 Å². The van der Waals surface area contributed by atoms with Gasteiger partial charge in [-0.05, 0) is 50.0 Å². The summed E-state index contributed by atoms with van der Waals surface area (Å²) < 4.78 is 9.79. The normalized spacial score (nSPS) is 11.4. The van der Waals surface area contributed by atoms with Gasteiger partial charge in [-0.3, -0.25) is 10.1 Å². The van der Waals surface area contributed by atoms with Crippen LogP contribution in [0.2, 0.25) is 0 Å². The van der Waals surface area contributed by atoms with Crippen molar-refractivity contribution in [3.63, 3.8) is 0 Å². The highest BCUT2D eigenvalue weighted by Crippen LogP contribution is 2.28. The Labute approximate surface area is 156 Å². The second kappa shape index (κ2) is 9.15. The van der Waals surface area contributed by atoms with Crippen LogP contribution in [0.5, 0.6) is 0 Å². The number of carbonyl (C=O) groups excluding carboxylic acids is 1. The molecule has 148 valence electrons. The Bertz CT molecular complexity index is 784. The molecule has 2 N–H and O–H groups in total. The van der Waals surface area contributed by atoms with Crippen LogP contribution in [0.25, 0.3) is 11.0 Å². The lowest BCUT2D eigenvalue weighted by Crippen LogP contribution is -2.32. The molecule has 0 unspecified atom stereocenters. The smallest absolute Gasteiger partial charge is 0.407 e. The van der Waals surface area contributed by atoms with E-state index < -0.39 is 16.6 Å². The Morgan fingerprint density at radius 2 is 1.81 bits per heavy atom. The van der Waals surface area contributed by atoms with Gasteiger partial charge >= 0.3 is 11.8 Å². The summed E-state index contributed by atoms with van der Waals surface area (Å²) >= 11 is 0. The molecule has 0 aliphatic rings. The summed E-state index contributed by atoms with van der Waals surface area (Å²) in [5.74, 6) is 0. The molecule has 1 amide bonds.